The van der Waals surface area contributed by atoms with Gasteiger partial charge in [0.2, 0.25) is 5.91 Å². The Morgan fingerprint density at radius 1 is 1.42 bits per heavy atom. The van der Waals surface area contributed by atoms with Gasteiger partial charge in [-0.3, -0.25) is 4.79 Å². The van der Waals surface area contributed by atoms with Gasteiger partial charge in [0.25, 0.3) is 0 Å². The largest absolute Gasteiger partial charge is 0.495 e. The summed E-state index contributed by atoms with van der Waals surface area (Å²) in [6, 6.07) is 4.99. The van der Waals surface area contributed by atoms with Gasteiger partial charge in [-0.05, 0) is 19.1 Å². The minimum absolute atomic E-state index is 0.112. The van der Waals surface area contributed by atoms with Crippen molar-refractivity contribution in [3.63, 3.8) is 0 Å². The van der Waals surface area contributed by atoms with Crippen molar-refractivity contribution in [3.8, 4) is 5.75 Å². The lowest BCUT2D eigenvalue weighted by atomic mass is 10.2. The van der Waals surface area contributed by atoms with E-state index >= 15 is 0 Å². The number of ether oxygens (including phenoxy) is 2. The molecule has 0 heterocycles. The van der Waals surface area contributed by atoms with E-state index in [4.69, 9.17) is 15.2 Å². The van der Waals surface area contributed by atoms with Crippen molar-refractivity contribution in [1.29, 1.82) is 0 Å². The summed E-state index contributed by atoms with van der Waals surface area (Å²) >= 11 is 0. The van der Waals surface area contributed by atoms with Crippen molar-refractivity contribution in [3.05, 3.63) is 18.2 Å². The first-order valence-corrected chi connectivity index (χ1v) is 6.05. The van der Waals surface area contributed by atoms with E-state index in [2.05, 4.69) is 10.6 Å². The number of hydrogen-bond acceptors (Lipinski definition) is 5. The summed E-state index contributed by atoms with van der Waals surface area (Å²) in [7, 11) is 3.14. The molecular weight excluding hydrogens is 246 g/mol. The van der Waals surface area contributed by atoms with Gasteiger partial charge in [-0.1, -0.05) is 6.07 Å². The molecule has 19 heavy (non-hydrogen) atoms. The summed E-state index contributed by atoms with van der Waals surface area (Å²) in [6.45, 7) is 2.73. The first-order chi connectivity index (χ1) is 9.10. The molecule has 1 aromatic rings. The normalized spacial score (nSPS) is 11.7. The Bertz CT molecular complexity index is 424. The maximum absolute atomic E-state index is 11.8. The van der Waals surface area contributed by atoms with Crippen LogP contribution in [0.25, 0.3) is 0 Å². The fourth-order valence-electron chi connectivity index (χ4n) is 1.58. The minimum atomic E-state index is -0.397. The van der Waals surface area contributed by atoms with E-state index in [1.54, 1.807) is 33.3 Å². The molecule has 0 spiro atoms. The zero-order chi connectivity index (χ0) is 14.3. The molecule has 0 aliphatic heterocycles. The first-order valence-electron chi connectivity index (χ1n) is 6.05. The van der Waals surface area contributed by atoms with E-state index in [1.807, 2.05) is 6.07 Å². The lowest BCUT2D eigenvalue weighted by Crippen LogP contribution is -2.39. The number of rotatable bonds is 7. The molecule has 0 aliphatic carbocycles. The molecule has 0 saturated heterocycles. The molecule has 6 nitrogen and oxygen atoms in total. The van der Waals surface area contributed by atoms with E-state index in [9.17, 15) is 4.79 Å². The minimum Gasteiger partial charge on any atom is -0.495 e. The second-order valence-corrected chi connectivity index (χ2v) is 4.07. The quantitative estimate of drug-likeness (QED) is 0.503. The molecule has 1 amide bonds. The molecule has 0 fully saturated rings. The van der Waals surface area contributed by atoms with Crippen molar-refractivity contribution in [2.75, 3.05) is 38.4 Å². The van der Waals surface area contributed by atoms with Gasteiger partial charge in [0.15, 0.2) is 0 Å². The first kappa shape index (κ1) is 15.1. The molecule has 6 heteroatoms. The predicted octanol–water partition coefficient (Wildman–Crippen LogP) is 0.840. The number of benzene rings is 1. The average molecular weight is 267 g/mol. The fraction of sp³-hybridized carbons (Fsp3) is 0.462. The van der Waals surface area contributed by atoms with Crippen LogP contribution in [0.1, 0.15) is 6.92 Å². The summed E-state index contributed by atoms with van der Waals surface area (Å²) < 4.78 is 9.99. The van der Waals surface area contributed by atoms with Crippen LogP contribution in [0, 0.1) is 0 Å². The van der Waals surface area contributed by atoms with Gasteiger partial charge in [0.05, 0.1) is 25.1 Å². The molecule has 0 radical (unpaired) electrons. The Balaban J connectivity index is 2.61. The van der Waals surface area contributed by atoms with Gasteiger partial charge in [-0.15, -0.1) is 0 Å². The van der Waals surface area contributed by atoms with E-state index in [0.717, 1.165) is 0 Å². The molecule has 0 aromatic heterocycles. The Kier molecular flexibility index (Phi) is 5.95. The molecular formula is C13H21N3O3. The van der Waals surface area contributed by atoms with E-state index < -0.39 is 6.04 Å². The molecule has 1 unspecified atom stereocenters. The molecule has 1 atom stereocenters. The maximum atomic E-state index is 11.8. The van der Waals surface area contributed by atoms with E-state index in [1.165, 1.54) is 0 Å². The summed E-state index contributed by atoms with van der Waals surface area (Å²) in [6.07, 6.45) is 0. The van der Waals surface area contributed by atoms with Crippen LogP contribution in [0.4, 0.5) is 11.4 Å². The average Bonchev–Trinajstić information content (AvgIpc) is 2.41. The third kappa shape index (κ3) is 4.33. The highest BCUT2D eigenvalue weighted by Crippen LogP contribution is 2.29. The van der Waals surface area contributed by atoms with Crippen molar-refractivity contribution >= 4 is 17.3 Å². The summed E-state index contributed by atoms with van der Waals surface area (Å²) in [4.78, 5) is 11.8. The molecule has 1 aromatic carbocycles. The standard InChI is InChI=1S/C13H21N3O3/c1-9(13(17)15-7-8-18-2)16-10-5-4-6-11(19-3)12(10)14/h4-6,9,16H,7-8,14H2,1-3H3,(H,15,17). The van der Waals surface area contributed by atoms with Crippen LogP contribution in [0.5, 0.6) is 5.75 Å². The van der Waals surface area contributed by atoms with Gasteiger partial charge >= 0.3 is 0 Å². The lowest BCUT2D eigenvalue weighted by molar-refractivity contribution is -0.121. The molecule has 1 rings (SSSR count). The number of amides is 1. The number of methoxy groups -OCH3 is 2. The Morgan fingerprint density at radius 3 is 2.79 bits per heavy atom. The molecule has 0 aliphatic rings. The van der Waals surface area contributed by atoms with Crippen molar-refractivity contribution in [2.45, 2.75) is 13.0 Å². The Labute approximate surface area is 113 Å². The third-order valence-corrected chi connectivity index (χ3v) is 2.66. The number of anilines is 2. The number of carbonyl (C=O) groups excluding carboxylic acids is 1. The van der Waals surface area contributed by atoms with Gasteiger partial charge in [0, 0.05) is 13.7 Å². The van der Waals surface area contributed by atoms with E-state index in [-0.39, 0.29) is 5.91 Å². The number of carbonyl (C=O) groups is 1. The second kappa shape index (κ2) is 7.48. The highest BCUT2D eigenvalue weighted by molar-refractivity contribution is 5.86. The number of hydrogen-bond donors (Lipinski definition) is 3. The van der Waals surface area contributed by atoms with Crippen molar-refractivity contribution in [2.24, 2.45) is 0 Å². The van der Waals surface area contributed by atoms with Gasteiger partial charge in [-0.2, -0.15) is 0 Å². The smallest absolute Gasteiger partial charge is 0.242 e. The topological polar surface area (TPSA) is 85.6 Å². The summed E-state index contributed by atoms with van der Waals surface area (Å²) in [5.74, 6) is 0.469. The van der Waals surface area contributed by atoms with Crippen molar-refractivity contribution in [1.82, 2.24) is 5.32 Å². The number of nitrogen functional groups attached to an aromatic ring is 1. The molecule has 106 valence electrons. The summed E-state index contributed by atoms with van der Waals surface area (Å²) in [5.41, 5.74) is 7.09. The third-order valence-electron chi connectivity index (χ3n) is 2.66. The maximum Gasteiger partial charge on any atom is 0.242 e. The monoisotopic (exact) mass is 267 g/mol. The Morgan fingerprint density at radius 2 is 2.16 bits per heavy atom. The van der Waals surface area contributed by atoms with Crippen LogP contribution >= 0.6 is 0 Å². The van der Waals surface area contributed by atoms with Gasteiger partial charge in [-0.25, -0.2) is 0 Å². The van der Waals surface area contributed by atoms with Crippen LogP contribution < -0.4 is 21.1 Å². The van der Waals surface area contributed by atoms with Crippen LogP contribution in [-0.4, -0.2) is 39.3 Å². The predicted molar refractivity (Wildman–Crippen MR) is 75.4 cm³/mol. The zero-order valence-electron chi connectivity index (χ0n) is 11.5. The second-order valence-electron chi connectivity index (χ2n) is 4.07. The van der Waals surface area contributed by atoms with Crippen molar-refractivity contribution < 1.29 is 14.3 Å². The molecule has 4 N–H and O–H groups in total. The Hall–Kier alpha value is -1.95. The van der Waals surface area contributed by atoms with Crippen LogP contribution in [0.2, 0.25) is 0 Å². The SMILES string of the molecule is COCCNC(=O)C(C)Nc1cccc(OC)c1N. The van der Waals surface area contributed by atoms with E-state index in [0.29, 0.717) is 30.3 Å². The van der Waals surface area contributed by atoms with Crippen LogP contribution in [0.3, 0.4) is 0 Å². The highest BCUT2D eigenvalue weighted by Gasteiger charge is 2.14. The number of nitrogens with two attached hydrogens (primary N) is 1. The zero-order valence-corrected chi connectivity index (χ0v) is 11.5. The fourth-order valence-corrected chi connectivity index (χ4v) is 1.58. The summed E-state index contributed by atoms with van der Waals surface area (Å²) in [5, 5.41) is 5.81. The van der Waals surface area contributed by atoms with Crippen LogP contribution in [-0.2, 0) is 9.53 Å². The van der Waals surface area contributed by atoms with Gasteiger partial charge in [0.1, 0.15) is 11.8 Å². The molecule has 0 saturated carbocycles. The molecule has 0 bridgehead atoms. The lowest BCUT2D eigenvalue weighted by Gasteiger charge is -2.17. The number of nitrogens with one attached hydrogen (secondary N) is 2. The number of para-hydroxylation sites is 1. The van der Waals surface area contributed by atoms with Crippen LogP contribution in [0.15, 0.2) is 18.2 Å². The van der Waals surface area contributed by atoms with Gasteiger partial charge < -0.3 is 25.8 Å². The highest BCUT2D eigenvalue weighted by atomic mass is 16.5.